The third-order valence-electron chi connectivity index (χ3n) is 2.54. The highest BCUT2D eigenvalue weighted by Gasteiger charge is 2.12. The number of halogens is 2. The van der Waals surface area contributed by atoms with Crippen LogP contribution in [0.4, 0.5) is 5.69 Å². The first kappa shape index (κ1) is 14.4. The van der Waals surface area contributed by atoms with E-state index < -0.39 is 0 Å². The first-order chi connectivity index (χ1) is 9.11. The summed E-state index contributed by atoms with van der Waals surface area (Å²) >= 11 is 11.0. The molecule has 1 amide bonds. The highest BCUT2D eigenvalue weighted by molar-refractivity contribution is 9.10. The topological polar surface area (TPSA) is 29.1 Å². The Labute approximate surface area is 129 Å². The van der Waals surface area contributed by atoms with Crippen LogP contribution in [0.2, 0.25) is 5.02 Å². The molecule has 0 aliphatic heterocycles. The van der Waals surface area contributed by atoms with Crippen LogP contribution in [0.3, 0.4) is 0 Å². The average Bonchev–Trinajstić information content (AvgIpc) is 2.42. The van der Waals surface area contributed by atoms with Gasteiger partial charge in [0.2, 0.25) is 0 Å². The van der Waals surface area contributed by atoms with Crippen LogP contribution in [0.25, 0.3) is 0 Å². The molecule has 19 heavy (non-hydrogen) atoms. The Hall–Kier alpha value is -0.970. The molecule has 0 heterocycles. The highest BCUT2D eigenvalue weighted by Crippen LogP contribution is 2.26. The van der Waals surface area contributed by atoms with Crippen molar-refractivity contribution < 1.29 is 4.79 Å². The van der Waals surface area contributed by atoms with Gasteiger partial charge in [-0.15, -0.1) is 11.8 Å². The molecule has 0 atom stereocenters. The number of benzene rings is 2. The van der Waals surface area contributed by atoms with Crippen molar-refractivity contribution in [3.8, 4) is 0 Å². The predicted octanol–water partition coefficient (Wildman–Crippen LogP) is 5.08. The molecule has 0 radical (unpaired) electrons. The van der Waals surface area contributed by atoms with Crippen LogP contribution in [-0.4, -0.2) is 12.2 Å². The van der Waals surface area contributed by atoms with Gasteiger partial charge in [0.05, 0.1) is 16.3 Å². The van der Waals surface area contributed by atoms with Gasteiger partial charge in [-0.1, -0.05) is 23.7 Å². The van der Waals surface area contributed by atoms with Crippen molar-refractivity contribution in [2.75, 3.05) is 11.6 Å². The lowest BCUT2D eigenvalue weighted by Crippen LogP contribution is -2.12. The van der Waals surface area contributed by atoms with E-state index in [1.54, 1.807) is 23.9 Å². The maximum absolute atomic E-state index is 12.2. The summed E-state index contributed by atoms with van der Waals surface area (Å²) in [7, 11) is 0. The first-order valence-corrected chi connectivity index (χ1v) is 7.91. The molecule has 0 spiro atoms. The van der Waals surface area contributed by atoms with Crippen LogP contribution < -0.4 is 5.32 Å². The second-order valence-corrected chi connectivity index (χ2v) is 5.92. The van der Waals surface area contributed by atoms with E-state index in [-0.39, 0.29) is 5.91 Å². The van der Waals surface area contributed by atoms with Crippen LogP contribution >= 0.6 is 39.3 Å². The lowest BCUT2D eigenvalue weighted by molar-refractivity contribution is 0.102. The van der Waals surface area contributed by atoms with Gasteiger partial charge in [-0.25, -0.2) is 0 Å². The number of hydrogen-bond donors (Lipinski definition) is 1. The van der Waals surface area contributed by atoms with Gasteiger partial charge in [-0.3, -0.25) is 4.79 Å². The summed E-state index contributed by atoms with van der Waals surface area (Å²) in [5, 5.41) is 3.29. The zero-order valence-electron chi connectivity index (χ0n) is 10.1. The predicted molar refractivity (Wildman–Crippen MR) is 85.3 cm³/mol. The highest BCUT2D eigenvalue weighted by atomic mass is 79.9. The SMILES string of the molecule is CSc1ccc(Cl)c(C(=O)Nc2ccccc2Br)c1. The zero-order chi connectivity index (χ0) is 13.8. The Morgan fingerprint density at radius 3 is 2.68 bits per heavy atom. The van der Waals surface area contributed by atoms with Crippen molar-refractivity contribution in [2.24, 2.45) is 0 Å². The molecular formula is C14H11BrClNOS. The number of carbonyl (C=O) groups excluding carboxylic acids is 1. The van der Waals surface area contributed by atoms with Crippen molar-refractivity contribution in [1.29, 1.82) is 0 Å². The summed E-state index contributed by atoms with van der Waals surface area (Å²) in [6.07, 6.45) is 1.96. The van der Waals surface area contributed by atoms with E-state index in [0.29, 0.717) is 10.6 Å². The summed E-state index contributed by atoms with van der Waals surface area (Å²) < 4.78 is 0.834. The van der Waals surface area contributed by atoms with Crippen LogP contribution in [-0.2, 0) is 0 Å². The van der Waals surface area contributed by atoms with E-state index in [2.05, 4.69) is 21.2 Å². The zero-order valence-corrected chi connectivity index (χ0v) is 13.3. The van der Waals surface area contributed by atoms with Crippen molar-refractivity contribution in [3.63, 3.8) is 0 Å². The number of para-hydroxylation sites is 1. The van der Waals surface area contributed by atoms with E-state index in [9.17, 15) is 4.79 Å². The first-order valence-electron chi connectivity index (χ1n) is 5.51. The molecular weight excluding hydrogens is 346 g/mol. The number of carbonyl (C=O) groups is 1. The van der Waals surface area contributed by atoms with Gasteiger partial charge in [0, 0.05) is 9.37 Å². The summed E-state index contributed by atoms with van der Waals surface area (Å²) in [5.74, 6) is -0.215. The quantitative estimate of drug-likeness (QED) is 0.777. The van der Waals surface area contributed by atoms with Gasteiger partial charge in [0.1, 0.15) is 0 Å². The van der Waals surface area contributed by atoms with E-state index in [4.69, 9.17) is 11.6 Å². The number of hydrogen-bond acceptors (Lipinski definition) is 2. The molecule has 0 aliphatic rings. The molecule has 1 N–H and O–H groups in total. The Morgan fingerprint density at radius 2 is 2.00 bits per heavy atom. The van der Waals surface area contributed by atoms with E-state index in [1.807, 2.05) is 36.6 Å². The molecule has 2 rings (SSSR count). The Kier molecular flexibility index (Phi) is 4.91. The van der Waals surface area contributed by atoms with Crippen LogP contribution in [0, 0.1) is 0 Å². The molecule has 0 aromatic heterocycles. The molecule has 0 aliphatic carbocycles. The fourth-order valence-corrected chi connectivity index (χ4v) is 2.58. The van der Waals surface area contributed by atoms with Crippen LogP contribution in [0.15, 0.2) is 51.8 Å². The number of nitrogens with one attached hydrogen (secondary N) is 1. The molecule has 2 aromatic carbocycles. The van der Waals surface area contributed by atoms with E-state index in [1.165, 1.54) is 0 Å². The average molecular weight is 357 g/mol. The largest absolute Gasteiger partial charge is 0.321 e. The fourth-order valence-electron chi connectivity index (χ4n) is 1.56. The Bertz CT molecular complexity index is 618. The van der Waals surface area contributed by atoms with Crippen molar-refractivity contribution in [3.05, 3.63) is 57.5 Å². The van der Waals surface area contributed by atoms with Crippen molar-refractivity contribution in [2.45, 2.75) is 4.90 Å². The molecule has 0 saturated carbocycles. The Morgan fingerprint density at radius 1 is 1.26 bits per heavy atom. The third-order valence-corrected chi connectivity index (χ3v) is 4.29. The monoisotopic (exact) mass is 355 g/mol. The summed E-state index contributed by atoms with van der Waals surface area (Å²) in [6.45, 7) is 0. The van der Waals surface area contributed by atoms with Gasteiger partial charge in [0.15, 0.2) is 0 Å². The van der Waals surface area contributed by atoms with E-state index >= 15 is 0 Å². The fraction of sp³-hybridized carbons (Fsp3) is 0.0714. The molecule has 2 aromatic rings. The molecule has 0 unspecified atom stereocenters. The van der Waals surface area contributed by atoms with Gasteiger partial charge in [0.25, 0.3) is 5.91 Å². The molecule has 0 fully saturated rings. The van der Waals surface area contributed by atoms with Crippen molar-refractivity contribution >= 4 is 50.9 Å². The lowest BCUT2D eigenvalue weighted by atomic mass is 10.2. The minimum absolute atomic E-state index is 0.215. The minimum atomic E-state index is -0.215. The normalized spacial score (nSPS) is 10.3. The smallest absolute Gasteiger partial charge is 0.257 e. The molecule has 0 bridgehead atoms. The van der Waals surface area contributed by atoms with Gasteiger partial charge in [-0.2, -0.15) is 0 Å². The molecule has 5 heteroatoms. The number of rotatable bonds is 3. The maximum Gasteiger partial charge on any atom is 0.257 e. The number of amides is 1. The lowest BCUT2D eigenvalue weighted by Gasteiger charge is -2.09. The second-order valence-electron chi connectivity index (χ2n) is 3.78. The summed E-state index contributed by atoms with van der Waals surface area (Å²) in [5.41, 5.74) is 1.20. The van der Waals surface area contributed by atoms with Crippen LogP contribution in [0.5, 0.6) is 0 Å². The van der Waals surface area contributed by atoms with Crippen molar-refractivity contribution in [1.82, 2.24) is 0 Å². The Balaban J connectivity index is 2.28. The summed E-state index contributed by atoms with van der Waals surface area (Å²) in [6, 6.07) is 12.9. The minimum Gasteiger partial charge on any atom is -0.321 e. The summed E-state index contributed by atoms with van der Waals surface area (Å²) in [4.78, 5) is 13.2. The van der Waals surface area contributed by atoms with E-state index in [0.717, 1.165) is 15.1 Å². The molecule has 0 saturated heterocycles. The van der Waals surface area contributed by atoms with Gasteiger partial charge >= 0.3 is 0 Å². The van der Waals surface area contributed by atoms with Crippen LogP contribution in [0.1, 0.15) is 10.4 Å². The number of anilines is 1. The van der Waals surface area contributed by atoms with Gasteiger partial charge in [-0.05, 0) is 52.5 Å². The molecule has 2 nitrogen and oxygen atoms in total. The maximum atomic E-state index is 12.2. The standard InChI is InChI=1S/C14H11BrClNOS/c1-19-9-6-7-12(16)10(8-9)14(18)17-13-5-3-2-4-11(13)15/h2-8H,1H3,(H,17,18). The third kappa shape index (κ3) is 3.53. The molecule has 98 valence electrons. The number of thioether (sulfide) groups is 1. The second kappa shape index (κ2) is 6.46. The van der Waals surface area contributed by atoms with Gasteiger partial charge < -0.3 is 5.32 Å².